The normalized spacial score (nSPS) is 10.7. The van der Waals surface area contributed by atoms with E-state index in [9.17, 15) is 0 Å². The summed E-state index contributed by atoms with van der Waals surface area (Å²) in [7, 11) is 0. The Kier molecular flexibility index (Phi) is 4.50. The van der Waals surface area contributed by atoms with Crippen LogP contribution in [0.2, 0.25) is 0 Å². The Labute approximate surface area is 125 Å². The summed E-state index contributed by atoms with van der Waals surface area (Å²) in [4.78, 5) is 0. The predicted octanol–water partition coefficient (Wildman–Crippen LogP) is 5.25. The molecular weight excluding hydrogens is 258 g/mol. The lowest BCUT2D eigenvalue weighted by atomic mass is 10.1. The van der Waals surface area contributed by atoms with Crippen molar-refractivity contribution in [3.63, 3.8) is 0 Å². The molecule has 0 fully saturated rings. The van der Waals surface area contributed by atoms with Gasteiger partial charge >= 0.3 is 0 Å². The van der Waals surface area contributed by atoms with E-state index < -0.39 is 0 Å². The van der Waals surface area contributed by atoms with Crippen LogP contribution in [0.25, 0.3) is 6.15 Å². The number of hydrogen-bond acceptors (Lipinski definition) is 1. The molecule has 0 aliphatic heterocycles. The molecule has 3 aromatic rings. The van der Waals surface area contributed by atoms with Gasteiger partial charge in [0.1, 0.15) is 0 Å². The number of nitrogens with two attached hydrogens (primary N) is 2. The maximum absolute atomic E-state index is 6.80. The number of hydrogen-bond donors (Lipinski definition) is 1. The van der Waals surface area contributed by atoms with E-state index in [0.29, 0.717) is 0 Å². The van der Waals surface area contributed by atoms with E-state index in [-0.39, 0.29) is 10.7 Å². The van der Waals surface area contributed by atoms with Crippen molar-refractivity contribution >= 4 is 17.1 Å². The van der Waals surface area contributed by atoms with E-state index in [2.05, 4.69) is 36.4 Å². The SMILES string of the molecule is N[N+](c1ccccc1)(c1ccccc1)c1ccccc1.[NH2-]. The molecule has 0 aliphatic rings. The summed E-state index contributed by atoms with van der Waals surface area (Å²) in [6.07, 6.45) is 0. The Morgan fingerprint density at radius 3 is 0.952 bits per heavy atom. The Hall–Kier alpha value is -2.46. The summed E-state index contributed by atoms with van der Waals surface area (Å²) in [5, 5.41) is 0. The highest BCUT2D eigenvalue weighted by molar-refractivity contribution is 5.69. The van der Waals surface area contributed by atoms with Crippen molar-refractivity contribution in [1.29, 1.82) is 0 Å². The lowest BCUT2D eigenvalue weighted by Gasteiger charge is -2.31. The predicted molar refractivity (Wildman–Crippen MR) is 89.9 cm³/mol. The van der Waals surface area contributed by atoms with Crippen LogP contribution in [0.15, 0.2) is 91.0 Å². The van der Waals surface area contributed by atoms with Crippen molar-refractivity contribution in [2.24, 2.45) is 5.84 Å². The molecule has 0 atom stereocenters. The van der Waals surface area contributed by atoms with Crippen LogP contribution >= 0.6 is 0 Å². The standard InChI is InChI=1S/C18H17N2.H2N/c19-20(16-10-4-1-5-11-16,17-12-6-2-7-13-17)18-14-8-3-9-15-18;/h1-15H,19H2;1H2/q+1;-1. The van der Waals surface area contributed by atoms with E-state index in [1.54, 1.807) is 0 Å². The Balaban J connectivity index is 0.00000161. The van der Waals surface area contributed by atoms with Crippen LogP contribution in [-0.2, 0) is 0 Å². The van der Waals surface area contributed by atoms with Gasteiger partial charge in [0, 0.05) is 36.4 Å². The second-order valence-electron chi connectivity index (χ2n) is 4.73. The third-order valence-electron chi connectivity index (χ3n) is 3.49. The second kappa shape index (κ2) is 6.33. The highest BCUT2D eigenvalue weighted by Gasteiger charge is 2.32. The highest BCUT2D eigenvalue weighted by Crippen LogP contribution is 2.38. The van der Waals surface area contributed by atoms with Crippen LogP contribution in [-0.4, -0.2) is 0 Å². The van der Waals surface area contributed by atoms with Gasteiger partial charge in [-0.15, -0.1) is 0 Å². The molecule has 0 saturated carbocycles. The summed E-state index contributed by atoms with van der Waals surface area (Å²) >= 11 is 0. The first kappa shape index (κ1) is 14.9. The third kappa shape index (κ3) is 2.71. The molecule has 0 aliphatic carbocycles. The Morgan fingerprint density at radius 1 is 0.476 bits per heavy atom. The van der Waals surface area contributed by atoms with Gasteiger partial charge in [-0.1, -0.05) is 54.6 Å². The molecule has 0 radical (unpaired) electrons. The van der Waals surface area contributed by atoms with E-state index in [1.807, 2.05) is 54.6 Å². The maximum atomic E-state index is 6.80. The zero-order chi connectivity index (χ0) is 13.8. The van der Waals surface area contributed by atoms with E-state index in [0.717, 1.165) is 17.1 Å². The van der Waals surface area contributed by atoms with Gasteiger partial charge in [0.25, 0.3) is 0 Å². The van der Waals surface area contributed by atoms with Crippen LogP contribution in [0.1, 0.15) is 0 Å². The Morgan fingerprint density at radius 2 is 0.714 bits per heavy atom. The number of quaternary nitrogens is 1. The number of para-hydroxylation sites is 3. The average Bonchev–Trinajstić information content (AvgIpc) is 2.56. The van der Waals surface area contributed by atoms with Crippen molar-refractivity contribution in [3.05, 3.63) is 97.1 Å². The summed E-state index contributed by atoms with van der Waals surface area (Å²) in [6, 6.07) is 30.4. The minimum atomic E-state index is 0. The van der Waals surface area contributed by atoms with Crippen molar-refractivity contribution in [2.45, 2.75) is 0 Å². The van der Waals surface area contributed by atoms with E-state index in [4.69, 9.17) is 5.84 Å². The zero-order valence-electron chi connectivity index (χ0n) is 11.8. The molecule has 106 valence electrons. The van der Waals surface area contributed by atoms with Gasteiger partial charge in [-0.3, -0.25) is 0 Å². The molecule has 0 heterocycles. The van der Waals surface area contributed by atoms with Gasteiger partial charge in [-0.2, -0.15) is 10.4 Å². The van der Waals surface area contributed by atoms with Gasteiger partial charge in [0.05, 0.1) is 0 Å². The van der Waals surface area contributed by atoms with Crippen molar-refractivity contribution in [1.82, 2.24) is 4.59 Å². The van der Waals surface area contributed by atoms with Crippen LogP contribution in [0.4, 0.5) is 17.1 Å². The van der Waals surface area contributed by atoms with Gasteiger partial charge < -0.3 is 6.15 Å². The van der Waals surface area contributed by atoms with Crippen LogP contribution < -0.4 is 10.4 Å². The second-order valence-corrected chi connectivity index (χ2v) is 4.73. The molecule has 21 heavy (non-hydrogen) atoms. The number of nitrogens with zero attached hydrogens (tertiary/aromatic N) is 1. The van der Waals surface area contributed by atoms with Crippen LogP contribution in [0.5, 0.6) is 0 Å². The summed E-state index contributed by atoms with van der Waals surface area (Å²) < 4.78 is 0.169. The lowest BCUT2D eigenvalue weighted by Crippen LogP contribution is -2.46. The molecule has 3 heteroatoms. The van der Waals surface area contributed by atoms with Crippen molar-refractivity contribution in [3.8, 4) is 0 Å². The molecule has 4 N–H and O–H groups in total. The third-order valence-corrected chi connectivity index (χ3v) is 3.49. The van der Waals surface area contributed by atoms with Gasteiger partial charge in [-0.05, 0) is 0 Å². The minimum Gasteiger partial charge on any atom is -0.693 e. The molecule has 0 spiro atoms. The van der Waals surface area contributed by atoms with E-state index in [1.165, 1.54) is 0 Å². The molecule has 3 nitrogen and oxygen atoms in total. The topological polar surface area (TPSA) is 59.5 Å². The first-order chi connectivity index (χ1) is 9.82. The number of rotatable bonds is 3. The average molecular weight is 277 g/mol. The fraction of sp³-hybridized carbons (Fsp3) is 0. The summed E-state index contributed by atoms with van der Waals surface area (Å²) in [5.74, 6) is 6.80. The fourth-order valence-electron chi connectivity index (χ4n) is 2.44. The van der Waals surface area contributed by atoms with Gasteiger partial charge in [0.2, 0.25) is 0 Å². The summed E-state index contributed by atoms with van der Waals surface area (Å²) in [6.45, 7) is 0. The van der Waals surface area contributed by atoms with Crippen molar-refractivity contribution in [2.75, 3.05) is 0 Å². The monoisotopic (exact) mass is 277 g/mol. The maximum Gasteiger partial charge on any atom is 0.162 e. The summed E-state index contributed by atoms with van der Waals surface area (Å²) in [5.41, 5.74) is 3.10. The number of benzene rings is 3. The lowest BCUT2D eigenvalue weighted by molar-refractivity contribution is 0.548. The Bertz CT molecular complexity index is 570. The first-order valence-electron chi connectivity index (χ1n) is 6.66. The quantitative estimate of drug-likeness (QED) is 0.397. The van der Waals surface area contributed by atoms with E-state index >= 15 is 0 Å². The molecule has 0 bridgehead atoms. The van der Waals surface area contributed by atoms with Gasteiger partial charge in [0.15, 0.2) is 17.1 Å². The van der Waals surface area contributed by atoms with Crippen LogP contribution in [0, 0.1) is 0 Å². The molecule has 0 amide bonds. The molecule has 3 rings (SSSR count). The molecular formula is C18H19N3. The smallest absolute Gasteiger partial charge is 0.162 e. The molecule has 0 unspecified atom stereocenters. The molecule has 0 aromatic heterocycles. The molecule has 3 aromatic carbocycles. The fourth-order valence-corrected chi connectivity index (χ4v) is 2.44. The highest BCUT2D eigenvalue weighted by atomic mass is 15.6. The zero-order valence-corrected chi connectivity index (χ0v) is 11.8. The van der Waals surface area contributed by atoms with Crippen molar-refractivity contribution < 1.29 is 0 Å². The van der Waals surface area contributed by atoms with Gasteiger partial charge in [-0.25, -0.2) is 0 Å². The van der Waals surface area contributed by atoms with Crippen LogP contribution in [0.3, 0.4) is 0 Å². The largest absolute Gasteiger partial charge is 0.693 e. The first-order valence-corrected chi connectivity index (χ1v) is 6.66. The molecule has 0 saturated heterocycles. The minimum absolute atomic E-state index is 0.